The Morgan fingerprint density at radius 3 is 2.85 bits per heavy atom. The fraction of sp³-hybridized carbons (Fsp3) is 0.143. The van der Waals surface area contributed by atoms with E-state index in [2.05, 4.69) is 20.9 Å². The number of carbonyl (C=O) groups is 1. The monoisotopic (exact) mass is 267 g/mol. The summed E-state index contributed by atoms with van der Waals surface area (Å²) in [5, 5.41) is 8.29. The van der Waals surface area contributed by atoms with Crippen LogP contribution in [0.15, 0.2) is 22.9 Å². The lowest BCUT2D eigenvalue weighted by Gasteiger charge is -2.01. The molecule has 0 spiro atoms. The summed E-state index contributed by atoms with van der Waals surface area (Å²) in [4.78, 5) is 13.9. The van der Waals surface area contributed by atoms with E-state index < -0.39 is 5.97 Å². The van der Waals surface area contributed by atoms with Crippen LogP contribution in [0.5, 0.6) is 5.75 Å². The van der Waals surface area contributed by atoms with Gasteiger partial charge in [-0.05, 0) is 22.0 Å². The molecule has 6 heteroatoms. The summed E-state index contributed by atoms with van der Waals surface area (Å²) < 4.78 is 5.61. The molecule has 0 aliphatic carbocycles. The van der Waals surface area contributed by atoms with Crippen molar-refractivity contribution < 1.29 is 14.6 Å². The molecule has 0 aromatic carbocycles. The Labute approximate surface area is 89.5 Å². The third-order valence-electron chi connectivity index (χ3n) is 1.04. The predicted octanol–water partition coefficient (Wildman–Crippen LogP) is 1.73. The van der Waals surface area contributed by atoms with Gasteiger partial charge in [-0.15, -0.1) is 12.4 Å². The normalized spacial score (nSPS) is 8.69. The molecule has 0 fully saturated rings. The van der Waals surface area contributed by atoms with E-state index in [1.165, 1.54) is 6.20 Å². The third kappa shape index (κ3) is 4.69. The van der Waals surface area contributed by atoms with Crippen molar-refractivity contribution in [2.75, 3.05) is 6.61 Å². The zero-order chi connectivity index (χ0) is 8.97. The van der Waals surface area contributed by atoms with Gasteiger partial charge in [-0.3, -0.25) is 4.98 Å². The first-order valence-electron chi connectivity index (χ1n) is 3.13. The Hall–Kier alpha value is -0.810. The first-order valence-corrected chi connectivity index (χ1v) is 3.93. The molecule has 0 atom stereocenters. The molecule has 0 aliphatic heterocycles. The highest BCUT2D eigenvalue weighted by Gasteiger charge is 1.99. The summed E-state index contributed by atoms with van der Waals surface area (Å²) in [6, 6.07) is 1.65. The number of aliphatic carboxylic acids is 1. The first-order chi connectivity index (χ1) is 5.68. The maximum atomic E-state index is 10.1. The number of nitrogens with zero attached hydrogens (tertiary/aromatic N) is 1. The molecule has 0 saturated carbocycles. The van der Waals surface area contributed by atoms with Crippen LogP contribution in [0.1, 0.15) is 0 Å². The highest BCUT2D eigenvalue weighted by atomic mass is 79.9. The average Bonchev–Trinajstić information content (AvgIpc) is 2.01. The topological polar surface area (TPSA) is 59.4 Å². The molecule has 0 amide bonds. The van der Waals surface area contributed by atoms with Gasteiger partial charge in [-0.1, -0.05) is 0 Å². The summed E-state index contributed by atoms with van der Waals surface area (Å²) in [7, 11) is 0. The minimum atomic E-state index is -1.00. The van der Waals surface area contributed by atoms with Gasteiger partial charge < -0.3 is 9.84 Å². The fourth-order valence-electron chi connectivity index (χ4n) is 0.616. The van der Waals surface area contributed by atoms with Gasteiger partial charge in [0.1, 0.15) is 5.75 Å². The molecular weight excluding hydrogens is 261 g/mol. The Morgan fingerprint density at radius 1 is 1.62 bits per heavy atom. The number of rotatable bonds is 3. The van der Waals surface area contributed by atoms with Gasteiger partial charge in [0.05, 0.1) is 6.20 Å². The standard InChI is InChI=1S/C7H6BrNO3.ClH/c8-5-1-6(3-9-2-5)12-4-7(10)11;/h1-3H,4H2,(H,10,11);1H. The van der Waals surface area contributed by atoms with Crippen molar-refractivity contribution >= 4 is 34.3 Å². The molecule has 0 radical (unpaired) electrons. The summed E-state index contributed by atoms with van der Waals surface area (Å²) in [6.07, 6.45) is 3.04. The molecule has 1 aromatic rings. The maximum absolute atomic E-state index is 10.1. The molecule has 0 unspecified atom stereocenters. The van der Waals surface area contributed by atoms with E-state index >= 15 is 0 Å². The Bertz CT molecular complexity index is 295. The van der Waals surface area contributed by atoms with Gasteiger partial charge in [-0.2, -0.15) is 0 Å². The van der Waals surface area contributed by atoms with Gasteiger partial charge in [-0.25, -0.2) is 4.79 Å². The molecule has 13 heavy (non-hydrogen) atoms. The van der Waals surface area contributed by atoms with Crippen LogP contribution in [-0.2, 0) is 4.79 Å². The van der Waals surface area contributed by atoms with E-state index in [1.807, 2.05) is 0 Å². The summed E-state index contributed by atoms with van der Waals surface area (Å²) in [5.74, 6) is -0.568. The highest BCUT2D eigenvalue weighted by Crippen LogP contribution is 2.15. The van der Waals surface area contributed by atoms with E-state index in [0.29, 0.717) is 5.75 Å². The van der Waals surface area contributed by atoms with E-state index in [0.717, 1.165) is 4.47 Å². The first kappa shape index (κ1) is 12.2. The summed E-state index contributed by atoms with van der Waals surface area (Å²) in [5.41, 5.74) is 0. The second-order valence-electron chi connectivity index (χ2n) is 2.02. The lowest BCUT2D eigenvalue weighted by atomic mass is 10.5. The van der Waals surface area contributed by atoms with E-state index in [4.69, 9.17) is 9.84 Å². The van der Waals surface area contributed by atoms with E-state index in [9.17, 15) is 4.79 Å². The van der Waals surface area contributed by atoms with Crippen molar-refractivity contribution in [3.63, 3.8) is 0 Å². The Kier molecular flexibility index (Phi) is 5.41. The highest BCUT2D eigenvalue weighted by molar-refractivity contribution is 9.10. The minimum absolute atomic E-state index is 0. The number of hydrogen-bond donors (Lipinski definition) is 1. The Balaban J connectivity index is 0.00000144. The predicted molar refractivity (Wildman–Crippen MR) is 52.3 cm³/mol. The van der Waals surface area contributed by atoms with Gasteiger partial charge in [0.25, 0.3) is 0 Å². The van der Waals surface area contributed by atoms with Crippen LogP contribution < -0.4 is 4.74 Å². The quantitative estimate of drug-likeness (QED) is 0.907. The molecule has 1 heterocycles. The van der Waals surface area contributed by atoms with Gasteiger partial charge in [0, 0.05) is 10.7 Å². The van der Waals surface area contributed by atoms with Crippen LogP contribution in [0.4, 0.5) is 0 Å². The molecule has 0 bridgehead atoms. The van der Waals surface area contributed by atoms with Crippen molar-refractivity contribution in [1.29, 1.82) is 0 Å². The van der Waals surface area contributed by atoms with Gasteiger partial charge in [0.15, 0.2) is 6.61 Å². The molecule has 72 valence electrons. The van der Waals surface area contributed by atoms with Crippen LogP contribution in [0.25, 0.3) is 0 Å². The van der Waals surface area contributed by atoms with Crippen molar-refractivity contribution in [1.82, 2.24) is 4.98 Å². The zero-order valence-electron chi connectivity index (χ0n) is 6.44. The number of halogens is 2. The second-order valence-corrected chi connectivity index (χ2v) is 2.94. The minimum Gasteiger partial charge on any atom is -0.480 e. The van der Waals surface area contributed by atoms with Gasteiger partial charge in [0.2, 0.25) is 0 Å². The largest absolute Gasteiger partial charge is 0.480 e. The number of aromatic nitrogens is 1. The molecule has 0 saturated heterocycles. The van der Waals surface area contributed by atoms with Crippen molar-refractivity contribution in [3.8, 4) is 5.75 Å². The van der Waals surface area contributed by atoms with E-state index in [1.54, 1.807) is 12.3 Å². The Morgan fingerprint density at radius 2 is 2.31 bits per heavy atom. The zero-order valence-corrected chi connectivity index (χ0v) is 8.84. The average molecular weight is 268 g/mol. The number of carboxylic acid groups (broad SMARTS) is 1. The molecular formula is C7H7BrClNO3. The molecule has 1 N–H and O–H groups in total. The van der Waals surface area contributed by atoms with Crippen LogP contribution >= 0.6 is 28.3 Å². The van der Waals surface area contributed by atoms with Crippen LogP contribution in [0, 0.1) is 0 Å². The number of pyridine rings is 1. The molecule has 1 aromatic heterocycles. The molecule has 4 nitrogen and oxygen atoms in total. The SMILES string of the molecule is Cl.O=C(O)COc1cncc(Br)c1. The number of carboxylic acids is 1. The fourth-order valence-corrected chi connectivity index (χ4v) is 0.960. The number of hydrogen-bond acceptors (Lipinski definition) is 3. The number of ether oxygens (including phenoxy) is 1. The molecule has 1 rings (SSSR count). The maximum Gasteiger partial charge on any atom is 0.341 e. The van der Waals surface area contributed by atoms with E-state index in [-0.39, 0.29) is 19.0 Å². The van der Waals surface area contributed by atoms with Crippen molar-refractivity contribution in [2.45, 2.75) is 0 Å². The second kappa shape index (κ2) is 5.77. The van der Waals surface area contributed by atoms with Crippen LogP contribution in [0.2, 0.25) is 0 Å². The lowest BCUT2D eigenvalue weighted by molar-refractivity contribution is -0.139. The lowest BCUT2D eigenvalue weighted by Crippen LogP contribution is -2.09. The summed E-state index contributed by atoms with van der Waals surface area (Å²) in [6.45, 7) is -0.349. The van der Waals surface area contributed by atoms with Crippen molar-refractivity contribution in [2.24, 2.45) is 0 Å². The smallest absolute Gasteiger partial charge is 0.341 e. The van der Waals surface area contributed by atoms with Crippen LogP contribution in [-0.4, -0.2) is 22.7 Å². The van der Waals surface area contributed by atoms with Crippen LogP contribution in [0.3, 0.4) is 0 Å². The third-order valence-corrected chi connectivity index (χ3v) is 1.48. The van der Waals surface area contributed by atoms with Crippen molar-refractivity contribution in [3.05, 3.63) is 22.9 Å². The molecule has 0 aliphatic rings. The van der Waals surface area contributed by atoms with Gasteiger partial charge >= 0.3 is 5.97 Å². The summed E-state index contributed by atoms with van der Waals surface area (Å²) >= 11 is 3.18.